The third-order valence-electron chi connectivity index (χ3n) is 5.81. The SMILES string of the molecule is N#C[C@@H]1[C@@H](c2ccccc2C2=CCCCC2)[C@@H](CO)N1C(=O)c1ccccn1. The number of aliphatic hydroxyl groups excluding tert-OH is 1. The van der Waals surface area contributed by atoms with Crippen LogP contribution >= 0.6 is 0 Å². The normalized spacial score (nSPS) is 24.1. The monoisotopic (exact) mass is 373 g/mol. The molecular formula is C23H23N3O2. The Bertz CT molecular complexity index is 932. The van der Waals surface area contributed by atoms with Crippen LogP contribution in [0.3, 0.4) is 0 Å². The number of allylic oxidation sites excluding steroid dienone is 2. The van der Waals surface area contributed by atoms with E-state index in [9.17, 15) is 15.2 Å². The first kappa shape index (κ1) is 18.4. The summed E-state index contributed by atoms with van der Waals surface area (Å²) in [6.07, 6.45) is 8.32. The van der Waals surface area contributed by atoms with Crippen LogP contribution < -0.4 is 0 Å². The van der Waals surface area contributed by atoms with Gasteiger partial charge in [-0.2, -0.15) is 5.26 Å². The summed E-state index contributed by atoms with van der Waals surface area (Å²) < 4.78 is 0. The number of benzene rings is 1. The van der Waals surface area contributed by atoms with Gasteiger partial charge in [-0.25, -0.2) is 0 Å². The molecule has 4 rings (SSSR count). The number of nitrogens with zero attached hydrogens (tertiary/aromatic N) is 3. The maximum Gasteiger partial charge on any atom is 0.273 e. The van der Waals surface area contributed by atoms with Gasteiger partial charge >= 0.3 is 0 Å². The Kier molecular flexibility index (Phi) is 5.23. The van der Waals surface area contributed by atoms with Gasteiger partial charge in [-0.15, -0.1) is 0 Å². The van der Waals surface area contributed by atoms with E-state index in [0.717, 1.165) is 24.0 Å². The van der Waals surface area contributed by atoms with Crippen LogP contribution in [0, 0.1) is 11.3 Å². The Morgan fingerprint density at radius 3 is 2.71 bits per heavy atom. The van der Waals surface area contributed by atoms with Gasteiger partial charge in [-0.3, -0.25) is 9.78 Å². The molecule has 0 radical (unpaired) electrons. The first-order valence-corrected chi connectivity index (χ1v) is 9.78. The number of nitriles is 1. The number of hydrogen-bond acceptors (Lipinski definition) is 4. The molecule has 5 nitrogen and oxygen atoms in total. The number of hydrogen-bond donors (Lipinski definition) is 1. The molecule has 0 saturated carbocycles. The van der Waals surface area contributed by atoms with E-state index in [1.165, 1.54) is 23.3 Å². The van der Waals surface area contributed by atoms with Gasteiger partial charge < -0.3 is 10.0 Å². The maximum absolute atomic E-state index is 12.9. The van der Waals surface area contributed by atoms with Crippen LogP contribution in [0.25, 0.3) is 5.57 Å². The predicted octanol–water partition coefficient (Wildman–Crippen LogP) is 3.53. The lowest BCUT2D eigenvalue weighted by Crippen LogP contribution is -2.65. The number of likely N-dealkylation sites (tertiary alicyclic amines) is 1. The molecule has 1 amide bonds. The molecule has 0 spiro atoms. The lowest BCUT2D eigenvalue weighted by molar-refractivity contribution is -0.00636. The first-order chi connectivity index (χ1) is 13.8. The van der Waals surface area contributed by atoms with Crippen molar-refractivity contribution in [3.05, 3.63) is 71.6 Å². The van der Waals surface area contributed by atoms with Gasteiger partial charge in [0.1, 0.15) is 11.7 Å². The molecule has 2 aromatic rings. The van der Waals surface area contributed by atoms with Crippen LogP contribution in [0.5, 0.6) is 0 Å². The third kappa shape index (κ3) is 3.10. The Labute approximate surface area is 164 Å². The fraction of sp³-hybridized carbons (Fsp3) is 0.348. The molecule has 0 unspecified atom stereocenters. The van der Waals surface area contributed by atoms with Gasteiger partial charge in [0.15, 0.2) is 0 Å². The number of pyridine rings is 1. The maximum atomic E-state index is 12.9. The van der Waals surface area contributed by atoms with E-state index in [0.29, 0.717) is 5.69 Å². The zero-order valence-electron chi connectivity index (χ0n) is 15.7. The first-order valence-electron chi connectivity index (χ1n) is 9.78. The van der Waals surface area contributed by atoms with Crippen molar-refractivity contribution in [2.75, 3.05) is 6.61 Å². The molecule has 28 heavy (non-hydrogen) atoms. The summed E-state index contributed by atoms with van der Waals surface area (Å²) in [6.45, 7) is -0.186. The molecule has 1 fully saturated rings. The quantitative estimate of drug-likeness (QED) is 0.889. The van der Waals surface area contributed by atoms with Crippen LogP contribution in [0.1, 0.15) is 53.2 Å². The van der Waals surface area contributed by atoms with Crippen molar-refractivity contribution in [3.63, 3.8) is 0 Å². The van der Waals surface area contributed by atoms with Crippen molar-refractivity contribution in [1.29, 1.82) is 5.26 Å². The van der Waals surface area contributed by atoms with Gasteiger partial charge in [0.05, 0.1) is 18.7 Å². The minimum absolute atomic E-state index is 0.186. The summed E-state index contributed by atoms with van der Waals surface area (Å²) in [5.41, 5.74) is 3.80. The Hall–Kier alpha value is -2.97. The van der Waals surface area contributed by atoms with Crippen LogP contribution in [-0.2, 0) is 0 Å². The topological polar surface area (TPSA) is 77.2 Å². The number of amides is 1. The molecular weight excluding hydrogens is 350 g/mol. The van der Waals surface area contributed by atoms with Crippen LogP contribution in [-0.4, -0.2) is 39.6 Å². The number of aliphatic hydroxyl groups is 1. The van der Waals surface area contributed by atoms with Crippen molar-refractivity contribution >= 4 is 11.5 Å². The number of carbonyl (C=O) groups excluding carboxylic acids is 1. The highest BCUT2D eigenvalue weighted by atomic mass is 16.3. The average molecular weight is 373 g/mol. The number of rotatable bonds is 4. The second-order valence-electron chi connectivity index (χ2n) is 7.34. The fourth-order valence-electron chi connectivity index (χ4n) is 4.44. The summed E-state index contributed by atoms with van der Waals surface area (Å²) in [5, 5.41) is 19.9. The minimum Gasteiger partial charge on any atom is -0.394 e. The molecule has 1 aliphatic carbocycles. The Morgan fingerprint density at radius 1 is 1.21 bits per heavy atom. The molecule has 2 aliphatic rings. The molecule has 1 N–H and O–H groups in total. The average Bonchev–Trinajstić information content (AvgIpc) is 2.75. The number of aromatic nitrogens is 1. The highest BCUT2D eigenvalue weighted by molar-refractivity contribution is 5.94. The zero-order chi connectivity index (χ0) is 19.5. The van der Waals surface area contributed by atoms with Gasteiger partial charge in [0.2, 0.25) is 0 Å². The summed E-state index contributed by atoms with van der Waals surface area (Å²) in [6, 6.07) is 14.5. The van der Waals surface area contributed by atoms with Crippen LogP contribution in [0.4, 0.5) is 0 Å². The van der Waals surface area contributed by atoms with Gasteiger partial charge in [-0.1, -0.05) is 36.4 Å². The lowest BCUT2D eigenvalue weighted by atomic mass is 9.72. The largest absolute Gasteiger partial charge is 0.394 e. The van der Waals surface area contributed by atoms with Crippen molar-refractivity contribution in [2.45, 2.75) is 43.7 Å². The second-order valence-corrected chi connectivity index (χ2v) is 7.34. The molecule has 0 bridgehead atoms. The molecule has 3 atom stereocenters. The molecule has 5 heteroatoms. The summed E-state index contributed by atoms with van der Waals surface area (Å²) >= 11 is 0. The van der Waals surface area contributed by atoms with Crippen molar-refractivity contribution in [2.24, 2.45) is 0 Å². The van der Waals surface area contributed by atoms with E-state index in [2.05, 4.69) is 23.2 Å². The lowest BCUT2D eigenvalue weighted by Gasteiger charge is -2.52. The number of carbonyl (C=O) groups is 1. The molecule has 1 aliphatic heterocycles. The minimum atomic E-state index is -0.614. The van der Waals surface area contributed by atoms with E-state index in [4.69, 9.17) is 0 Å². The molecule has 1 saturated heterocycles. The van der Waals surface area contributed by atoms with E-state index in [-0.39, 0.29) is 18.4 Å². The Morgan fingerprint density at radius 2 is 2.04 bits per heavy atom. The third-order valence-corrected chi connectivity index (χ3v) is 5.81. The predicted molar refractivity (Wildman–Crippen MR) is 106 cm³/mol. The Balaban J connectivity index is 1.69. The summed E-state index contributed by atoms with van der Waals surface area (Å²) in [4.78, 5) is 18.5. The standard InChI is InChI=1S/C23H23N3O2/c24-14-20-22(18-11-5-4-10-17(18)16-8-2-1-3-9-16)21(15-27)26(20)23(28)19-12-6-7-13-25-19/h4-8,10-13,20-22,27H,1-3,9,15H2/t20-,21-,22-/m1/s1. The van der Waals surface area contributed by atoms with Gasteiger partial charge in [0, 0.05) is 12.1 Å². The highest BCUT2D eigenvalue weighted by Crippen LogP contribution is 2.44. The molecule has 1 aromatic carbocycles. The van der Waals surface area contributed by atoms with E-state index in [1.807, 2.05) is 18.2 Å². The van der Waals surface area contributed by atoms with E-state index in [1.54, 1.807) is 24.4 Å². The molecule has 142 valence electrons. The fourth-order valence-corrected chi connectivity index (χ4v) is 4.44. The van der Waals surface area contributed by atoms with Crippen LogP contribution in [0.15, 0.2) is 54.7 Å². The highest BCUT2D eigenvalue weighted by Gasteiger charge is 2.52. The molecule has 1 aromatic heterocycles. The van der Waals surface area contributed by atoms with Crippen molar-refractivity contribution in [1.82, 2.24) is 9.88 Å². The second kappa shape index (κ2) is 7.95. The smallest absolute Gasteiger partial charge is 0.273 e. The van der Waals surface area contributed by atoms with Gasteiger partial charge in [-0.05, 0) is 54.5 Å². The summed E-state index contributed by atoms with van der Waals surface area (Å²) in [7, 11) is 0. The molecule has 2 heterocycles. The van der Waals surface area contributed by atoms with Crippen molar-refractivity contribution in [3.8, 4) is 6.07 Å². The van der Waals surface area contributed by atoms with Crippen LogP contribution in [0.2, 0.25) is 0 Å². The zero-order valence-corrected chi connectivity index (χ0v) is 15.7. The van der Waals surface area contributed by atoms with Gasteiger partial charge in [0.25, 0.3) is 5.91 Å². The van der Waals surface area contributed by atoms with E-state index < -0.39 is 12.1 Å². The van der Waals surface area contributed by atoms with E-state index >= 15 is 0 Å². The summed E-state index contributed by atoms with van der Waals surface area (Å²) in [5.74, 6) is -0.515. The van der Waals surface area contributed by atoms with Crippen molar-refractivity contribution < 1.29 is 9.90 Å².